The van der Waals surface area contributed by atoms with Crippen LogP contribution in [0.3, 0.4) is 0 Å². The van der Waals surface area contributed by atoms with Gasteiger partial charge in [-0.15, -0.1) is 0 Å². The Hall–Kier alpha value is -9.95. The van der Waals surface area contributed by atoms with E-state index in [2.05, 4.69) is 9.97 Å². The molecule has 0 saturated heterocycles. The van der Waals surface area contributed by atoms with Gasteiger partial charge in [0.2, 0.25) is 5.95 Å². The predicted octanol–water partition coefficient (Wildman–Crippen LogP) is 13.9. The quantitative estimate of drug-likeness (QED) is 0.107. The standard InChI is InChI=1S/C69H46N6Si/c1-5-23-47(24-6-1)67-70-68(48-25-21-32-53(45-48)76(50-26-7-2-8-27-50,51-28-9-3-10-29-51)52-30-11-4-12-31-52)72-69(71-67)75-63-41-20-16-36-57(63)59-37-22-42-64(66(59)75)74-62-40-19-15-35-56(62)58-44-43-49(46-65(58)74)73-60-38-17-13-33-54(60)55-34-14-18-39-61(55)73/h1-46H/i1D,2D,3D,4D,5D,6D,7D,8D,9D,10D,11D,12D,15D,16D,19D,20D,21D,22D,23D,24D,25D,26D,27D,28D,29D,30D,31D,32D,35D,36D,37D,40D,41D,42D,43D,44D,45D,46D. The summed E-state index contributed by atoms with van der Waals surface area (Å²) >= 11 is 0. The van der Waals surface area contributed by atoms with Crippen molar-refractivity contribution in [3.05, 3.63) is 278 Å². The number of aromatic nitrogens is 6. The zero-order valence-corrected chi connectivity index (χ0v) is 39.3. The molecule has 11 aromatic carbocycles. The largest absolute Gasteiger partial charge is 0.309 e. The van der Waals surface area contributed by atoms with Gasteiger partial charge in [-0.25, -0.2) is 4.98 Å². The molecule has 76 heavy (non-hydrogen) atoms. The summed E-state index contributed by atoms with van der Waals surface area (Å²) in [5, 5.41) is -6.78. The molecule has 0 aliphatic carbocycles. The van der Waals surface area contributed by atoms with Gasteiger partial charge in [0, 0.05) is 49.1 Å². The second-order valence-corrected chi connectivity index (χ2v) is 20.2. The van der Waals surface area contributed by atoms with Gasteiger partial charge in [-0.3, -0.25) is 4.57 Å². The second-order valence-electron chi connectivity index (χ2n) is 16.7. The molecule has 0 spiro atoms. The van der Waals surface area contributed by atoms with Crippen LogP contribution in [-0.2, 0) is 0 Å². The van der Waals surface area contributed by atoms with Crippen LogP contribution >= 0.6 is 0 Å². The van der Waals surface area contributed by atoms with E-state index in [9.17, 15) is 32.9 Å². The minimum atomic E-state index is -6.72. The topological polar surface area (TPSA) is 53.5 Å². The first-order valence-corrected chi connectivity index (χ1v) is 24.8. The van der Waals surface area contributed by atoms with Crippen LogP contribution in [0, 0.1) is 0 Å². The second kappa shape index (κ2) is 17.6. The molecule has 4 heterocycles. The average molecular weight is 1030 g/mol. The summed E-state index contributed by atoms with van der Waals surface area (Å²) in [5.74, 6) is -3.73. The molecular weight excluding hydrogens is 941 g/mol. The summed E-state index contributed by atoms with van der Waals surface area (Å²) in [7, 11) is -6.72. The van der Waals surface area contributed by atoms with E-state index in [1.54, 1.807) is 48.5 Å². The maximum Gasteiger partial charge on any atom is 0.238 e. The van der Waals surface area contributed by atoms with E-state index in [-0.39, 0.29) is 5.69 Å². The normalized spacial score (nSPS) is 18.9. The lowest BCUT2D eigenvalue weighted by Crippen LogP contribution is -2.74. The number of para-hydroxylation sites is 5. The van der Waals surface area contributed by atoms with Crippen molar-refractivity contribution in [1.29, 1.82) is 0 Å². The van der Waals surface area contributed by atoms with Crippen LogP contribution in [0.1, 0.15) is 52.1 Å². The Balaban J connectivity index is 1.22. The van der Waals surface area contributed by atoms with E-state index in [0.717, 1.165) is 4.57 Å². The molecule has 15 aromatic rings. The summed E-state index contributed by atoms with van der Waals surface area (Å²) in [6, 6.07) is -31.4. The van der Waals surface area contributed by atoms with Crippen LogP contribution in [0.2, 0.25) is 0 Å². The van der Waals surface area contributed by atoms with Crippen LogP contribution in [0.5, 0.6) is 0 Å². The van der Waals surface area contributed by atoms with Gasteiger partial charge in [0.25, 0.3) is 0 Å². The molecule has 0 bridgehead atoms. The van der Waals surface area contributed by atoms with Gasteiger partial charge in [-0.2, -0.15) is 9.97 Å². The third-order valence-corrected chi connectivity index (χ3v) is 16.8. The maximum absolute atomic E-state index is 10.8. The van der Waals surface area contributed by atoms with Crippen molar-refractivity contribution in [2.24, 2.45) is 0 Å². The molecule has 15 rings (SSSR count). The van der Waals surface area contributed by atoms with Crippen LogP contribution in [0.15, 0.2) is 278 Å². The molecule has 0 fully saturated rings. The van der Waals surface area contributed by atoms with Crippen molar-refractivity contribution in [3.63, 3.8) is 0 Å². The fourth-order valence-corrected chi connectivity index (χ4v) is 13.2. The van der Waals surface area contributed by atoms with Crippen LogP contribution < -0.4 is 20.7 Å². The minimum Gasteiger partial charge on any atom is -0.309 e. The fourth-order valence-electron chi connectivity index (χ4n) is 9.67. The van der Waals surface area contributed by atoms with Crippen LogP contribution in [0.25, 0.3) is 106 Å². The average Bonchev–Trinajstić information content (AvgIpc) is 1.01. The van der Waals surface area contributed by atoms with Gasteiger partial charge >= 0.3 is 0 Å². The predicted molar refractivity (Wildman–Crippen MR) is 317 cm³/mol. The molecular formula is C69H46N6Si. The van der Waals surface area contributed by atoms with E-state index in [1.807, 2.05) is 0 Å². The highest BCUT2D eigenvalue weighted by atomic mass is 28.3. The van der Waals surface area contributed by atoms with Gasteiger partial charge in [-0.1, -0.05) is 236 Å². The summed E-state index contributed by atoms with van der Waals surface area (Å²) in [6.45, 7) is 0. The third-order valence-electron chi connectivity index (χ3n) is 12.8. The first kappa shape index (κ1) is 20.1. The molecule has 356 valence electrons. The molecule has 4 aromatic heterocycles. The Morgan fingerprint density at radius 1 is 0.316 bits per heavy atom. The van der Waals surface area contributed by atoms with Crippen molar-refractivity contribution in [3.8, 4) is 40.1 Å². The van der Waals surface area contributed by atoms with Gasteiger partial charge in [0.05, 0.1) is 90.9 Å². The minimum absolute atomic E-state index is 0.352. The molecule has 7 heteroatoms. The van der Waals surface area contributed by atoms with Gasteiger partial charge in [0.1, 0.15) is 0 Å². The molecule has 0 saturated carbocycles. The van der Waals surface area contributed by atoms with Crippen molar-refractivity contribution in [1.82, 2.24) is 28.7 Å². The van der Waals surface area contributed by atoms with E-state index in [1.165, 1.54) is 4.57 Å². The molecule has 0 atom stereocenters. The number of hydrogen-bond acceptors (Lipinski definition) is 3. The highest BCUT2D eigenvalue weighted by molar-refractivity contribution is 7.19. The Bertz CT molecular complexity index is 6710. The van der Waals surface area contributed by atoms with Gasteiger partial charge < -0.3 is 9.13 Å². The first-order chi connectivity index (χ1) is 53.5. The van der Waals surface area contributed by atoms with E-state index in [4.69, 9.17) is 24.2 Å². The highest BCUT2D eigenvalue weighted by Gasteiger charge is 2.41. The molecule has 0 amide bonds. The van der Waals surface area contributed by atoms with E-state index >= 15 is 0 Å². The van der Waals surface area contributed by atoms with Crippen molar-refractivity contribution in [2.45, 2.75) is 0 Å². The molecule has 0 unspecified atom stereocenters. The molecule has 0 N–H and O–H groups in total. The summed E-state index contributed by atoms with van der Waals surface area (Å²) < 4.78 is 364. The molecule has 6 nitrogen and oxygen atoms in total. The van der Waals surface area contributed by atoms with Crippen molar-refractivity contribution in [2.75, 3.05) is 0 Å². The number of rotatable bonds is 9. The number of benzene rings is 11. The SMILES string of the molecule is [2H]c1c([2H])c([2H])c(-c2nc(-c3c([2H])c([2H])c([2H])c([Si](c4c([2H])c([2H])c([2H])c([2H])c4[2H])(c4c([2H])c([2H])c([2H])c([2H])c4[2H])c4c([2H])c([2H])c([2H])c([2H])c4[2H])c3[2H])nc(-n3c4c([2H])c([2H])c([2H])c([2H])c4c4c([2H])c([2H])c([2H])c(-n5c6c([2H])c([2H])c([2H])c([2H])c6c6c([2H])c([2H])c(-n7c8ccccc8c8ccccc87)c([2H])c65)c43)n2)c([2H])c1[2H]. The van der Waals surface area contributed by atoms with Crippen LogP contribution in [-0.4, -0.2) is 36.7 Å². The summed E-state index contributed by atoms with van der Waals surface area (Å²) in [5.41, 5.74) is -6.06. The number of hydrogen-bond donors (Lipinski definition) is 0. The first-order valence-electron chi connectivity index (χ1n) is 41.8. The highest BCUT2D eigenvalue weighted by Crippen LogP contribution is 2.41. The lowest BCUT2D eigenvalue weighted by molar-refractivity contribution is 0.950. The summed E-state index contributed by atoms with van der Waals surface area (Å²) in [6.07, 6.45) is 0. The van der Waals surface area contributed by atoms with Crippen molar-refractivity contribution < 1.29 is 52.1 Å². The Morgan fingerprint density at radius 3 is 1.42 bits per heavy atom. The van der Waals surface area contributed by atoms with E-state index < -0.39 is 336 Å². The molecule has 0 aliphatic rings. The maximum atomic E-state index is 10.8. The summed E-state index contributed by atoms with van der Waals surface area (Å²) in [4.78, 5) is 13.8. The smallest absolute Gasteiger partial charge is 0.238 e. The monoisotopic (exact) mass is 1020 g/mol. The Labute approximate surface area is 493 Å². The lowest BCUT2D eigenvalue weighted by atomic mass is 10.1. The number of fused-ring (bicyclic) bond motifs is 9. The van der Waals surface area contributed by atoms with Gasteiger partial charge in [-0.05, 0) is 63.1 Å². The number of nitrogens with zero attached hydrogens (tertiary/aromatic N) is 6. The lowest BCUT2D eigenvalue weighted by Gasteiger charge is -2.34. The van der Waals surface area contributed by atoms with E-state index in [0.29, 0.717) is 26.4 Å². The fraction of sp³-hybridized carbons (Fsp3) is 0. The molecule has 0 radical (unpaired) electrons. The zero-order valence-electron chi connectivity index (χ0n) is 76.3. The Kier molecular flexibility index (Phi) is 4.65. The van der Waals surface area contributed by atoms with Crippen molar-refractivity contribution >= 4 is 94.2 Å². The zero-order chi connectivity index (χ0) is 83.2. The third kappa shape index (κ3) is 6.69. The van der Waals surface area contributed by atoms with Gasteiger partial charge in [0.15, 0.2) is 19.7 Å². The molecule has 0 aliphatic heterocycles. The van der Waals surface area contributed by atoms with Crippen LogP contribution in [0.4, 0.5) is 0 Å². The Morgan fingerprint density at radius 2 is 0.789 bits per heavy atom.